The van der Waals surface area contributed by atoms with Crippen LogP contribution in [0, 0.1) is 0 Å². The van der Waals surface area contributed by atoms with Crippen LogP contribution in [0.3, 0.4) is 0 Å². The van der Waals surface area contributed by atoms with Gasteiger partial charge in [-0.25, -0.2) is 0 Å². The quantitative estimate of drug-likeness (QED) is 0.565. The van der Waals surface area contributed by atoms with Gasteiger partial charge in [-0.15, -0.1) is 0 Å². The number of amides is 1. The highest BCUT2D eigenvalue weighted by molar-refractivity contribution is 7.80. The second kappa shape index (κ2) is 8.99. The van der Waals surface area contributed by atoms with E-state index >= 15 is 0 Å². The van der Waals surface area contributed by atoms with Crippen molar-refractivity contribution in [2.45, 2.75) is 20.4 Å². The van der Waals surface area contributed by atoms with E-state index in [1.165, 1.54) is 4.31 Å². The molecule has 3 aromatic rings. The van der Waals surface area contributed by atoms with Crippen molar-refractivity contribution in [3.63, 3.8) is 0 Å². The van der Waals surface area contributed by atoms with Gasteiger partial charge in [0.2, 0.25) is 0 Å². The van der Waals surface area contributed by atoms with Crippen molar-refractivity contribution >= 4 is 33.6 Å². The summed E-state index contributed by atoms with van der Waals surface area (Å²) in [5.41, 5.74) is 1.94. The van der Waals surface area contributed by atoms with E-state index in [0.717, 1.165) is 16.3 Å². The summed E-state index contributed by atoms with van der Waals surface area (Å²) in [6.45, 7) is 5.30. The van der Waals surface area contributed by atoms with E-state index in [4.69, 9.17) is 0 Å². The van der Waals surface area contributed by atoms with E-state index < -0.39 is 11.3 Å². The van der Waals surface area contributed by atoms with Crippen LogP contribution in [-0.2, 0) is 17.8 Å². The van der Waals surface area contributed by atoms with Crippen molar-refractivity contribution in [2.24, 2.45) is 0 Å². The molecule has 0 fully saturated rings. The van der Waals surface area contributed by atoms with Crippen molar-refractivity contribution in [2.75, 3.05) is 17.4 Å². The third-order valence-corrected chi connectivity index (χ3v) is 5.45. The lowest BCUT2D eigenvalue weighted by molar-refractivity contribution is 0.0773. The van der Waals surface area contributed by atoms with Gasteiger partial charge in [-0.2, -0.15) is 0 Å². The second-order valence-corrected chi connectivity index (χ2v) is 7.30. The molecule has 0 aliphatic rings. The Morgan fingerprint density at radius 1 is 0.964 bits per heavy atom. The number of carbonyl (C=O) groups excluding carboxylic acids is 1. The summed E-state index contributed by atoms with van der Waals surface area (Å²) in [7, 11) is 0. The molecule has 6 heteroatoms. The fourth-order valence-electron chi connectivity index (χ4n) is 3.31. The first-order chi connectivity index (χ1) is 13.5. The summed E-state index contributed by atoms with van der Waals surface area (Å²) in [5, 5.41) is 1.84. The first-order valence-electron chi connectivity index (χ1n) is 9.28. The van der Waals surface area contributed by atoms with Crippen LogP contribution < -0.4 is 4.31 Å². The Balaban J connectivity index is 1.95. The van der Waals surface area contributed by atoms with E-state index in [0.29, 0.717) is 24.3 Å². The summed E-state index contributed by atoms with van der Waals surface area (Å²) in [5.74, 6) is -0.0493. The van der Waals surface area contributed by atoms with E-state index in [1.54, 1.807) is 29.2 Å². The number of benzene rings is 3. The lowest BCUT2D eigenvalue weighted by Gasteiger charge is -2.28. The third-order valence-electron chi connectivity index (χ3n) is 4.77. The third kappa shape index (κ3) is 4.24. The maximum atomic E-state index is 12.6. The molecule has 0 aliphatic heterocycles. The monoisotopic (exact) mass is 395 g/mol. The first kappa shape index (κ1) is 20.0. The summed E-state index contributed by atoms with van der Waals surface area (Å²) in [4.78, 5) is 14.4. The number of rotatable bonds is 7. The van der Waals surface area contributed by atoms with Crippen LogP contribution in [0.2, 0.25) is 0 Å². The molecule has 3 rings (SSSR count). The minimum atomic E-state index is -2.45. The van der Waals surface area contributed by atoms with Crippen LogP contribution in [-0.4, -0.2) is 32.7 Å². The smallest absolute Gasteiger partial charge is 0.253 e. The number of hydrogen-bond acceptors (Lipinski definition) is 3. The average molecular weight is 396 g/mol. The molecule has 5 nitrogen and oxygen atoms in total. The number of hydrogen-bond donors (Lipinski definition) is 0. The largest absolute Gasteiger partial charge is 0.755 e. The molecule has 0 saturated carbocycles. The Morgan fingerprint density at radius 2 is 1.64 bits per heavy atom. The molecule has 0 radical (unpaired) electrons. The molecular formula is C22H23N2O3S-. The van der Waals surface area contributed by atoms with Crippen LogP contribution in [0.15, 0.2) is 66.7 Å². The van der Waals surface area contributed by atoms with Gasteiger partial charge in [0.25, 0.3) is 5.91 Å². The zero-order valence-electron chi connectivity index (χ0n) is 16.0. The van der Waals surface area contributed by atoms with Gasteiger partial charge in [-0.05, 0) is 43.0 Å². The number of carbonyl (C=O) groups is 1. The minimum absolute atomic E-state index is 0.0493. The highest BCUT2D eigenvalue weighted by Crippen LogP contribution is 2.29. The molecule has 1 unspecified atom stereocenters. The van der Waals surface area contributed by atoms with E-state index in [9.17, 15) is 13.6 Å². The van der Waals surface area contributed by atoms with Crippen molar-refractivity contribution in [1.82, 2.24) is 4.90 Å². The van der Waals surface area contributed by atoms with Crippen LogP contribution in [0.1, 0.15) is 29.8 Å². The molecular weight excluding hydrogens is 372 g/mol. The molecule has 0 aliphatic carbocycles. The summed E-state index contributed by atoms with van der Waals surface area (Å²) >= 11 is -2.45. The van der Waals surface area contributed by atoms with Gasteiger partial charge >= 0.3 is 0 Å². The van der Waals surface area contributed by atoms with Gasteiger partial charge in [-0.3, -0.25) is 13.3 Å². The van der Waals surface area contributed by atoms with Gasteiger partial charge in [-0.1, -0.05) is 48.5 Å². The molecule has 0 spiro atoms. The van der Waals surface area contributed by atoms with Crippen LogP contribution in [0.25, 0.3) is 10.8 Å². The summed E-state index contributed by atoms with van der Waals surface area (Å²) in [6, 6.07) is 20.4. The Hall–Kier alpha value is -2.70. The minimum Gasteiger partial charge on any atom is -0.755 e. The zero-order chi connectivity index (χ0) is 20.1. The van der Waals surface area contributed by atoms with Gasteiger partial charge < -0.3 is 9.45 Å². The number of nitrogens with zero attached hydrogens (tertiary/aromatic N) is 2. The fraction of sp³-hybridized carbons (Fsp3) is 0.227. The van der Waals surface area contributed by atoms with E-state index in [1.807, 2.05) is 56.3 Å². The first-order valence-corrected chi connectivity index (χ1v) is 10.3. The Morgan fingerprint density at radius 3 is 2.36 bits per heavy atom. The van der Waals surface area contributed by atoms with Gasteiger partial charge in [0, 0.05) is 35.3 Å². The van der Waals surface area contributed by atoms with E-state index in [2.05, 4.69) is 0 Å². The summed E-state index contributed by atoms with van der Waals surface area (Å²) in [6.07, 6.45) is 0. The van der Waals surface area contributed by atoms with Crippen LogP contribution in [0.5, 0.6) is 0 Å². The molecule has 0 aromatic heterocycles. The van der Waals surface area contributed by atoms with Crippen molar-refractivity contribution < 1.29 is 13.6 Å². The predicted molar refractivity (Wildman–Crippen MR) is 113 cm³/mol. The van der Waals surface area contributed by atoms with Crippen molar-refractivity contribution in [3.05, 3.63) is 77.9 Å². The topological polar surface area (TPSA) is 63.7 Å². The normalized spacial score (nSPS) is 12.0. The number of fused-ring (bicyclic) bond motifs is 1. The predicted octanol–water partition coefficient (Wildman–Crippen LogP) is 4.12. The SMILES string of the molecule is CCN(CC)C(=O)c1cccc(CN(c2cccc3ccccc23)S(=O)[O-])c1. The second-order valence-electron chi connectivity index (χ2n) is 6.43. The molecule has 0 N–H and O–H groups in total. The lowest BCUT2D eigenvalue weighted by atomic mass is 10.1. The maximum Gasteiger partial charge on any atom is 0.253 e. The summed E-state index contributed by atoms with van der Waals surface area (Å²) < 4.78 is 25.4. The zero-order valence-corrected chi connectivity index (χ0v) is 16.8. The molecule has 0 saturated heterocycles. The highest BCUT2D eigenvalue weighted by atomic mass is 32.2. The van der Waals surface area contributed by atoms with Crippen molar-refractivity contribution in [1.29, 1.82) is 0 Å². The number of anilines is 1. The molecule has 0 bridgehead atoms. The van der Waals surface area contributed by atoms with Crippen molar-refractivity contribution in [3.8, 4) is 0 Å². The molecule has 28 heavy (non-hydrogen) atoms. The van der Waals surface area contributed by atoms with Gasteiger partial charge in [0.15, 0.2) is 0 Å². The van der Waals surface area contributed by atoms with Gasteiger partial charge in [0.1, 0.15) is 0 Å². The molecule has 1 amide bonds. The Bertz CT molecular complexity index is 996. The van der Waals surface area contributed by atoms with Crippen LogP contribution in [0.4, 0.5) is 5.69 Å². The fourth-order valence-corrected chi connectivity index (χ4v) is 3.88. The molecule has 146 valence electrons. The van der Waals surface area contributed by atoms with Crippen LogP contribution >= 0.6 is 0 Å². The van der Waals surface area contributed by atoms with E-state index in [-0.39, 0.29) is 12.5 Å². The highest BCUT2D eigenvalue weighted by Gasteiger charge is 2.15. The standard InChI is InChI=1S/C22H24N2O3S/c1-3-23(4-2)22(25)19-12-7-9-17(15-19)16-24(28(26)27)21-14-8-11-18-10-5-6-13-20(18)21/h5-15H,3-4,16H2,1-2H3,(H,26,27)/p-1. The molecule has 1 atom stereocenters. The van der Waals surface area contributed by atoms with Gasteiger partial charge in [0.05, 0.1) is 12.2 Å². The lowest BCUT2D eigenvalue weighted by Crippen LogP contribution is -2.30. The molecule has 3 aromatic carbocycles. The maximum absolute atomic E-state index is 12.6. The molecule has 0 heterocycles. The Labute approximate surface area is 168 Å². The Kier molecular flexibility index (Phi) is 6.44. The average Bonchev–Trinajstić information content (AvgIpc) is 2.72.